The molecule has 1 unspecified atom stereocenters. The highest BCUT2D eigenvalue weighted by atomic mass is 16.4. The summed E-state index contributed by atoms with van der Waals surface area (Å²) in [5, 5.41) is 12.1. The second kappa shape index (κ2) is 10.7. The number of nitrogens with one attached hydrogen (secondary N) is 1. The largest absolute Gasteiger partial charge is 0.480 e. The molecule has 1 aromatic rings. The van der Waals surface area contributed by atoms with Crippen LogP contribution in [0.5, 0.6) is 0 Å². The van der Waals surface area contributed by atoms with Crippen molar-refractivity contribution in [3.8, 4) is 0 Å². The van der Waals surface area contributed by atoms with Gasteiger partial charge in [0.2, 0.25) is 5.91 Å². The molecule has 1 aromatic carbocycles. The summed E-state index contributed by atoms with van der Waals surface area (Å²) in [6.07, 6.45) is 15.3. The quantitative estimate of drug-likeness (QED) is 0.647. The van der Waals surface area contributed by atoms with Crippen LogP contribution < -0.4 is 10.2 Å². The van der Waals surface area contributed by atoms with Crippen LogP contribution in [0.15, 0.2) is 24.3 Å². The van der Waals surface area contributed by atoms with Crippen molar-refractivity contribution in [1.29, 1.82) is 0 Å². The molecule has 0 spiro atoms. The number of hydrogen-bond acceptors (Lipinski definition) is 4. The van der Waals surface area contributed by atoms with Crippen molar-refractivity contribution in [2.45, 2.75) is 108 Å². The average molecular weight is 442 g/mol. The van der Waals surface area contributed by atoms with E-state index >= 15 is 0 Å². The Bertz CT molecular complexity index is 776. The molecular formula is C26H39N3O3. The van der Waals surface area contributed by atoms with E-state index in [1.54, 1.807) is 6.92 Å². The Morgan fingerprint density at radius 3 is 2.16 bits per heavy atom. The van der Waals surface area contributed by atoms with Gasteiger partial charge in [-0.05, 0) is 50.7 Å². The van der Waals surface area contributed by atoms with Gasteiger partial charge in [-0.25, -0.2) is 0 Å². The van der Waals surface area contributed by atoms with Gasteiger partial charge < -0.3 is 15.3 Å². The first-order valence-electron chi connectivity index (χ1n) is 12.7. The number of amides is 1. The number of anilines is 2. The van der Waals surface area contributed by atoms with E-state index in [0.29, 0.717) is 18.1 Å². The van der Waals surface area contributed by atoms with Crippen LogP contribution in [0, 0.1) is 0 Å². The Morgan fingerprint density at radius 1 is 0.938 bits per heavy atom. The fraction of sp³-hybridized carbons (Fsp3) is 0.692. The summed E-state index contributed by atoms with van der Waals surface area (Å²) < 4.78 is 0. The van der Waals surface area contributed by atoms with Crippen LogP contribution in [0.4, 0.5) is 11.4 Å². The molecule has 32 heavy (non-hydrogen) atoms. The number of carbonyl (C=O) groups excluding carboxylic acids is 1. The average Bonchev–Trinajstić information content (AvgIpc) is 2.72. The SMILES string of the molecule is CC(=O)N(c1ccccc1NCC(=O)O)C1C[C@H]2CCC[C@@H](C1)N2C1CCCCCCC1. The van der Waals surface area contributed by atoms with E-state index in [1.807, 2.05) is 29.2 Å². The summed E-state index contributed by atoms with van der Waals surface area (Å²) in [5.74, 6) is -0.867. The number of hydrogen-bond donors (Lipinski definition) is 2. The van der Waals surface area contributed by atoms with Gasteiger partial charge in [0.15, 0.2) is 0 Å². The van der Waals surface area contributed by atoms with E-state index in [9.17, 15) is 9.59 Å². The van der Waals surface area contributed by atoms with Gasteiger partial charge in [-0.2, -0.15) is 0 Å². The molecule has 2 saturated heterocycles. The molecule has 3 fully saturated rings. The third kappa shape index (κ3) is 5.28. The molecule has 6 heteroatoms. The summed E-state index contributed by atoms with van der Waals surface area (Å²) in [4.78, 5) is 28.8. The van der Waals surface area contributed by atoms with Crippen LogP contribution in [0.1, 0.15) is 84.0 Å². The maximum Gasteiger partial charge on any atom is 0.322 e. The molecule has 3 atom stereocenters. The summed E-state index contributed by atoms with van der Waals surface area (Å²) in [6.45, 7) is 1.49. The van der Waals surface area contributed by atoms with E-state index in [4.69, 9.17) is 5.11 Å². The van der Waals surface area contributed by atoms with Crippen molar-refractivity contribution in [3.05, 3.63) is 24.3 Å². The lowest BCUT2D eigenvalue weighted by atomic mass is 9.78. The monoisotopic (exact) mass is 441 g/mol. The molecule has 176 valence electrons. The van der Waals surface area contributed by atoms with Crippen LogP contribution >= 0.6 is 0 Å². The first kappa shape index (κ1) is 23.1. The van der Waals surface area contributed by atoms with Crippen LogP contribution in [-0.4, -0.2) is 52.6 Å². The highest BCUT2D eigenvalue weighted by molar-refractivity contribution is 5.96. The van der Waals surface area contributed by atoms with Crippen LogP contribution in [0.3, 0.4) is 0 Å². The normalized spacial score (nSPS) is 27.2. The Hall–Kier alpha value is -2.08. The van der Waals surface area contributed by atoms with Crippen molar-refractivity contribution in [3.63, 3.8) is 0 Å². The molecule has 2 bridgehead atoms. The topological polar surface area (TPSA) is 72.9 Å². The summed E-state index contributed by atoms with van der Waals surface area (Å²) >= 11 is 0. The van der Waals surface area contributed by atoms with Gasteiger partial charge in [-0.3, -0.25) is 14.5 Å². The van der Waals surface area contributed by atoms with Crippen molar-refractivity contribution >= 4 is 23.3 Å². The van der Waals surface area contributed by atoms with E-state index in [1.165, 1.54) is 64.2 Å². The fourth-order valence-electron chi connectivity index (χ4n) is 6.56. The second-order valence-electron chi connectivity index (χ2n) is 9.96. The summed E-state index contributed by atoms with van der Waals surface area (Å²) in [5.41, 5.74) is 1.53. The molecule has 1 amide bonds. The molecule has 4 rings (SSSR count). The minimum absolute atomic E-state index is 0.0389. The van der Waals surface area contributed by atoms with Crippen molar-refractivity contribution in [1.82, 2.24) is 4.90 Å². The fourth-order valence-corrected chi connectivity index (χ4v) is 6.56. The number of benzene rings is 1. The number of carboxylic acid groups (broad SMARTS) is 1. The summed E-state index contributed by atoms with van der Waals surface area (Å²) in [7, 11) is 0. The first-order valence-corrected chi connectivity index (χ1v) is 12.7. The molecule has 2 N–H and O–H groups in total. The molecule has 0 radical (unpaired) electrons. The van der Waals surface area contributed by atoms with Gasteiger partial charge in [-0.1, -0.05) is 50.7 Å². The Kier molecular flexibility index (Phi) is 7.71. The van der Waals surface area contributed by atoms with E-state index in [0.717, 1.165) is 24.2 Å². The number of nitrogens with zero attached hydrogens (tertiary/aromatic N) is 2. The van der Waals surface area contributed by atoms with E-state index in [2.05, 4.69) is 10.2 Å². The van der Waals surface area contributed by atoms with E-state index in [-0.39, 0.29) is 18.5 Å². The number of aliphatic carboxylic acids is 1. The standard InChI is InChI=1S/C26H39N3O3/c1-19(30)28(25-15-8-7-14-24(25)27-18-26(31)32)23-16-21-12-9-13-22(17-23)29(21)20-10-5-3-2-4-6-11-20/h7-8,14-15,20-23,27H,2-6,9-13,16-18H2,1H3,(H,31,32)/t21-,22+,23?. The second-order valence-corrected chi connectivity index (χ2v) is 9.96. The number of para-hydroxylation sites is 2. The van der Waals surface area contributed by atoms with Gasteiger partial charge in [-0.15, -0.1) is 0 Å². The van der Waals surface area contributed by atoms with Gasteiger partial charge in [0.05, 0.1) is 11.4 Å². The lowest BCUT2D eigenvalue weighted by Gasteiger charge is -2.54. The number of carboxylic acids is 1. The molecule has 2 heterocycles. The molecule has 0 aromatic heterocycles. The first-order chi connectivity index (χ1) is 15.5. The minimum atomic E-state index is -0.906. The van der Waals surface area contributed by atoms with Crippen LogP contribution in [0.25, 0.3) is 0 Å². The predicted molar refractivity (Wildman–Crippen MR) is 128 cm³/mol. The zero-order chi connectivity index (χ0) is 22.5. The molecule has 2 aliphatic heterocycles. The molecule has 1 aliphatic carbocycles. The summed E-state index contributed by atoms with van der Waals surface area (Å²) in [6, 6.07) is 9.62. The van der Waals surface area contributed by atoms with Crippen molar-refractivity contribution < 1.29 is 14.7 Å². The third-order valence-corrected chi connectivity index (χ3v) is 7.80. The van der Waals surface area contributed by atoms with Crippen molar-refractivity contribution in [2.24, 2.45) is 0 Å². The molecule has 6 nitrogen and oxygen atoms in total. The minimum Gasteiger partial charge on any atom is -0.480 e. The highest BCUT2D eigenvalue weighted by Crippen LogP contribution is 2.41. The number of carbonyl (C=O) groups is 2. The lowest BCUT2D eigenvalue weighted by molar-refractivity contribution is -0.135. The molecule has 3 aliphatic rings. The Morgan fingerprint density at radius 2 is 1.53 bits per heavy atom. The van der Waals surface area contributed by atoms with E-state index < -0.39 is 5.97 Å². The third-order valence-electron chi connectivity index (χ3n) is 7.80. The maximum atomic E-state index is 12.9. The Labute approximate surface area is 192 Å². The lowest BCUT2D eigenvalue weighted by Crippen LogP contribution is -2.60. The molecule has 1 saturated carbocycles. The van der Waals surface area contributed by atoms with Gasteiger partial charge in [0.25, 0.3) is 0 Å². The van der Waals surface area contributed by atoms with Crippen LogP contribution in [0.2, 0.25) is 0 Å². The number of rotatable bonds is 6. The zero-order valence-electron chi connectivity index (χ0n) is 19.5. The zero-order valence-corrected chi connectivity index (χ0v) is 19.5. The number of fused-ring (bicyclic) bond motifs is 2. The smallest absolute Gasteiger partial charge is 0.322 e. The van der Waals surface area contributed by atoms with Gasteiger partial charge >= 0.3 is 5.97 Å². The van der Waals surface area contributed by atoms with Gasteiger partial charge in [0.1, 0.15) is 6.54 Å². The van der Waals surface area contributed by atoms with Crippen molar-refractivity contribution in [2.75, 3.05) is 16.8 Å². The highest BCUT2D eigenvalue weighted by Gasteiger charge is 2.43. The Balaban J connectivity index is 1.55. The van der Waals surface area contributed by atoms with Gasteiger partial charge in [0, 0.05) is 31.1 Å². The van der Waals surface area contributed by atoms with Crippen LogP contribution in [-0.2, 0) is 9.59 Å². The predicted octanol–water partition coefficient (Wildman–Crippen LogP) is 5.03. The number of piperidine rings is 2. The molecular weight excluding hydrogens is 402 g/mol. The maximum absolute atomic E-state index is 12.9.